The highest BCUT2D eigenvalue weighted by Crippen LogP contribution is 2.25. The summed E-state index contributed by atoms with van der Waals surface area (Å²) in [6, 6.07) is 5.38. The van der Waals surface area contributed by atoms with Gasteiger partial charge in [0.15, 0.2) is 0 Å². The van der Waals surface area contributed by atoms with E-state index in [1.54, 1.807) is 12.1 Å². The second-order valence-electron chi connectivity index (χ2n) is 4.07. The van der Waals surface area contributed by atoms with Crippen molar-refractivity contribution in [2.24, 2.45) is 0 Å². The summed E-state index contributed by atoms with van der Waals surface area (Å²) in [6.45, 7) is 2.95. The molecule has 1 aromatic rings. The van der Waals surface area contributed by atoms with Crippen molar-refractivity contribution in [2.75, 3.05) is 6.61 Å². The molecular formula is C14H19BrO2. The predicted molar refractivity (Wildman–Crippen MR) is 73.8 cm³/mol. The number of carbonyl (C=O) groups excluding carboxylic acids is 1. The van der Waals surface area contributed by atoms with E-state index >= 15 is 0 Å². The predicted octanol–water partition coefficient (Wildman–Crippen LogP) is 4.61. The number of hydrogen-bond acceptors (Lipinski definition) is 2. The van der Waals surface area contributed by atoms with E-state index < -0.39 is 0 Å². The van der Waals surface area contributed by atoms with Gasteiger partial charge < -0.3 is 4.74 Å². The zero-order valence-corrected chi connectivity index (χ0v) is 11.8. The summed E-state index contributed by atoms with van der Waals surface area (Å²) in [6.07, 6.45) is 6.99. The van der Waals surface area contributed by atoms with Crippen molar-refractivity contribution in [3.05, 3.63) is 28.2 Å². The summed E-state index contributed by atoms with van der Waals surface area (Å²) in [7, 11) is 0. The van der Waals surface area contributed by atoms with Gasteiger partial charge in [-0.3, -0.25) is 4.79 Å². The molecule has 0 fully saturated rings. The van der Waals surface area contributed by atoms with Crippen LogP contribution in [-0.2, 0) is 0 Å². The lowest BCUT2D eigenvalue weighted by Gasteiger charge is -2.08. The standard InChI is InChI=1S/C14H19BrO2/c1-2-3-4-5-6-9-17-14-8-7-12(11-16)10-13(14)15/h7-8,10-11H,2-6,9H2,1H3. The fraction of sp³-hybridized carbons (Fsp3) is 0.500. The molecule has 0 atom stereocenters. The molecule has 3 heteroatoms. The van der Waals surface area contributed by atoms with E-state index in [1.807, 2.05) is 6.07 Å². The van der Waals surface area contributed by atoms with E-state index in [2.05, 4.69) is 22.9 Å². The van der Waals surface area contributed by atoms with Gasteiger partial charge in [0.25, 0.3) is 0 Å². The van der Waals surface area contributed by atoms with Gasteiger partial charge in [0, 0.05) is 5.56 Å². The Morgan fingerprint density at radius 2 is 2.00 bits per heavy atom. The van der Waals surface area contributed by atoms with Crippen LogP contribution < -0.4 is 4.74 Å². The van der Waals surface area contributed by atoms with Crippen molar-refractivity contribution in [1.29, 1.82) is 0 Å². The monoisotopic (exact) mass is 298 g/mol. The molecule has 0 aliphatic heterocycles. The van der Waals surface area contributed by atoms with Crippen LogP contribution in [0.1, 0.15) is 49.4 Å². The Hall–Kier alpha value is -0.830. The van der Waals surface area contributed by atoms with E-state index in [0.29, 0.717) is 5.56 Å². The van der Waals surface area contributed by atoms with Crippen LogP contribution in [0.4, 0.5) is 0 Å². The zero-order chi connectivity index (χ0) is 12.5. The smallest absolute Gasteiger partial charge is 0.150 e. The Kier molecular flexibility index (Phi) is 6.94. The van der Waals surface area contributed by atoms with Crippen molar-refractivity contribution >= 4 is 22.2 Å². The molecule has 0 saturated heterocycles. The number of ether oxygens (including phenoxy) is 1. The third-order valence-electron chi connectivity index (χ3n) is 2.60. The van der Waals surface area contributed by atoms with Crippen LogP contribution in [0.5, 0.6) is 5.75 Å². The topological polar surface area (TPSA) is 26.3 Å². The highest BCUT2D eigenvalue weighted by atomic mass is 79.9. The molecule has 0 bridgehead atoms. The lowest BCUT2D eigenvalue weighted by atomic mass is 10.2. The van der Waals surface area contributed by atoms with Gasteiger partial charge in [0.2, 0.25) is 0 Å². The fourth-order valence-corrected chi connectivity index (χ4v) is 2.11. The van der Waals surface area contributed by atoms with Crippen LogP contribution in [0.3, 0.4) is 0 Å². The molecule has 17 heavy (non-hydrogen) atoms. The van der Waals surface area contributed by atoms with Gasteiger partial charge in [0.1, 0.15) is 12.0 Å². The van der Waals surface area contributed by atoms with Crippen molar-refractivity contribution in [1.82, 2.24) is 0 Å². The van der Waals surface area contributed by atoms with Gasteiger partial charge in [0.05, 0.1) is 11.1 Å². The van der Waals surface area contributed by atoms with Crippen LogP contribution in [0.15, 0.2) is 22.7 Å². The Morgan fingerprint density at radius 1 is 1.24 bits per heavy atom. The number of aldehydes is 1. The Bertz CT molecular complexity index is 350. The van der Waals surface area contributed by atoms with Crippen molar-refractivity contribution in [3.8, 4) is 5.75 Å². The van der Waals surface area contributed by atoms with Crippen LogP contribution in [0.2, 0.25) is 0 Å². The first-order valence-corrected chi connectivity index (χ1v) is 6.94. The summed E-state index contributed by atoms with van der Waals surface area (Å²) in [4.78, 5) is 10.6. The second-order valence-corrected chi connectivity index (χ2v) is 4.92. The Morgan fingerprint density at radius 3 is 2.65 bits per heavy atom. The van der Waals surface area contributed by atoms with E-state index in [0.717, 1.165) is 29.5 Å². The second kappa shape index (κ2) is 8.29. The molecule has 0 heterocycles. The van der Waals surface area contributed by atoms with E-state index in [1.165, 1.54) is 25.7 Å². The zero-order valence-electron chi connectivity index (χ0n) is 10.2. The van der Waals surface area contributed by atoms with Crippen molar-refractivity contribution in [3.63, 3.8) is 0 Å². The maximum Gasteiger partial charge on any atom is 0.150 e. The molecule has 94 valence electrons. The van der Waals surface area contributed by atoms with E-state index in [4.69, 9.17) is 4.74 Å². The normalized spacial score (nSPS) is 10.2. The molecule has 2 nitrogen and oxygen atoms in total. The molecule has 0 saturated carbocycles. The number of halogens is 1. The summed E-state index contributed by atoms with van der Waals surface area (Å²) in [5, 5.41) is 0. The van der Waals surface area contributed by atoms with E-state index in [9.17, 15) is 4.79 Å². The van der Waals surface area contributed by atoms with Gasteiger partial charge in [-0.1, -0.05) is 32.6 Å². The third-order valence-corrected chi connectivity index (χ3v) is 3.22. The Balaban J connectivity index is 2.29. The minimum absolute atomic E-state index is 0.659. The van der Waals surface area contributed by atoms with Crippen LogP contribution in [-0.4, -0.2) is 12.9 Å². The van der Waals surface area contributed by atoms with Gasteiger partial charge in [-0.25, -0.2) is 0 Å². The average molecular weight is 299 g/mol. The first kappa shape index (κ1) is 14.2. The fourth-order valence-electron chi connectivity index (χ4n) is 1.60. The maximum atomic E-state index is 10.6. The average Bonchev–Trinajstić information content (AvgIpc) is 2.35. The summed E-state index contributed by atoms with van der Waals surface area (Å²) < 4.78 is 6.50. The van der Waals surface area contributed by atoms with Crippen LogP contribution >= 0.6 is 15.9 Å². The molecule has 0 N–H and O–H groups in total. The number of carbonyl (C=O) groups is 1. The molecule has 1 aromatic carbocycles. The van der Waals surface area contributed by atoms with Gasteiger partial charge in [-0.2, -0.15) is 0 Å². The molecule has 0 aliphatic rings. The molecule has 0 aliphatic carbocycles. The molecule has 1 rings (SSSR count). The molecule has 0 unspecified atom stereocenters. The summed E-state index contributed by atoms with van der Waals surface area (Å²) in [5.41, 5.74) is 0.659. The van der Waals surface area contributed by atoms with E-state index in [-0.39, 0.29) is 0 Å². The highest BCUT2D eigenvalue weighted by molar-refractivity contribution is 9.10. The molecule has 0 aromatic heterocycles. The molecule has 0 amide bonds. The SMILES string of the molecule is CCCCCCCOc1ccc(C=O)cc1Br. The maximum absolute atomic E-state index is 10.6. The minimum Gasteiger partial charge on any atom is -0.492 e. The number of unbranched alkanes of at least 4 members (excludes halogenated alkanes) is 4. The number of benzene rings is 1. The van der Waals surface area contributed by atoms with Gasteiger partial charge in [-0.05, 0) is 40.5 Å². The largest absolute Gasteiger partial charge is 0.492 e. The quantitative estimate of drug-likeness (QED) is 0.517. The third kappa shape index (κ3) is 5.35. The summed E-state index contributed by atoms with van der Waals surface area (Å²) in [5.74, 6) is 0.811. The molecule has 0 radical (unpaired) electrons. The Labute approximate surface area is 111 Å². The lowest BCUT2D eigenvalue weighted by molar-refractivity contribution is 0.112. The lowest BCUT2D eigenvalue weighted by Crippen LogP contribution is -1.98. The van der Waals surface area contributed by atoms with Gasteiger partial charge in [-0.15, -0.1) is 0 Å². The van der Waals surface area contributed by atoms with Crippen LogP contribution in [0, 0.1) is 0 Å². The first-order valence-electron chi connectivity index (χ1n) is 6.15. The molecular weight excluding hydrogens is 280 g/mol. The van der Waals surface area contributed by atoms with Gasteiger partial charge >= 0.3 is 0 Å². The number of rotatable bonds is 8. The van der Waals surface area contributed by atoms with Crippen LogP contribution in [0.25, 0.3) is 0 Å². The van der Waals surface area contributed by atoms with Crippen molar-refractivity contribution < 1.29 is 9.53 Å². The van der Waals surface area contributed by atoms with Crippen molar-refractivity contribution in [2.45, 2.75) is 39.0 Å². The molecule has 0 spiro atoms. The highest BCUT2D eigenvalue weighted by Gasteiger charge is 2.02. The number of hydrogen-bond donors (Lipinski definition) is 0. The summed E-state index contributed by atoms with van der Waals surface area (Å²) >= 11 is 3.40. The minimum atomic E-state index is 0.659. The first-order chi connectivity index (χ1) is 8.27.